The molecule has 0 aliphatic rings. The fraction of sp³-hybridized carbons (Fsp3) is 0.913. The van der Waals surface area contributed by atoms with E-state index < -0.39 is 12.1 Å². The number of unbranched alkanes of at least 4 members (excludes halogenated alkanes) is 49. The highest BCUT2D eigenvalue weighted by Gasteiger charge is 2.20. The average molecular weight is 1060 g/mol. The van der Waals surface area contributed by atoms with Crippen LogP contribution in [0.2, 0.25) is 0 Å². The molecule has 2 unspecified atom stereocenters. The molecule has 0 radical (unpaired) electrons. The molecule has 6 heteroatoms. The van der Waals surface area contributed by atoms with E-state index in [1.807, 2.05) is 0 Å². The first-order valence-corrected chi connectivity index (χ1v) is 34.1. The van der Waals surface area contributed by atoms with Gasteiger partial charge in [0.25, 0.3) is 0 Å². The molecule has 0 bridgehead atoms. The molecule has 75 heavy (non-hydrogen) atoms. The van der Waals surface area contributed by atoms with Gasteiger partial charge in [-0.25, -0.2) is 0 Å². The van der Waals surface area contributed by atoms with Crippen molar-refractivity contribution in [2.75, 3.05) is 13.2 Å². The van der Waals surface area contributed by atoms with Crippen molar-refractivity contribution in [3.63, 3.8) is 0 Å². The van der Waals surface area contributed by atoms with Crippen LogP contribution in [-0.2, 0) is 14.3 Å². The molecular formula is C69H133NO5. The van der Waals surface area contributed by atoms with Gasteiger partial charge in [0.2, 0.25) is 5.91 Å². The number of amides is 1. The van der Waals surface area contributed by atoms with E-state index in [1.54, 1.807) is 0 Å². The number of ether oxygens (including phenoxy) is 1. The SMILES string of the molecule is CCCCCCCCCCCCCCCCCCCC(O)C(CO)NC(=O)CCCCCCCCCCCCC/C=C\C/C=C\CCCCCCCCCCCOC(=O)CCCCCCCCCCCCCCCC. The van der Waals surface area contributed by atoms with E-state index in [4.69, 9.17) is 4.74 Å². The molecule has 0 aromatic heterocycles. The lowest BCUT2D eigenvalue weighted by molar-refractivity contribution is -0.143. The lowest BCUT2D eigenvalue weighted by Crippen LogP contribution is -2.45. The van der Waals surface area contributed by atoms with Crippen molar-refractivity contribution >= 4 is 11.9 Å². The Morgan fingerprint density at radius 3 is 1.01 bits per heavy atom. The molecule has 0 heterocycles. The first kappa shape index (κ1) is 73.3. The van der Waals surface area contributed by atoms with Gasteiger partial charge in [-0.05, 0) is 57.8 Å². The summed E-state index contributed by atoms with van der Waals surface area (Å²) in [7, 11) is 0. The summed E-state index contributed by atoms with van der Waals surface area (Å²) in [5, 5.41) is 23.4. The Bertz CT molecular complexity index is 1170. The quantitative estimate of drug-likeness (QED) is 0.0320. The summed E-state index contributed by atoms with van der Waals surface area (Å²) in [4.78, 5) is 24.6. The van der Waals surface area contributed by atoms with Gasteiger partial charge >= 0.3 is 5.97 Å². The molecule has 0 fully saturated rings. The van der Waals surface area contributed by atoms with Crippen molar-refractivity contribution in [3.8, 4) is 0 Å². The van der Waals surface area contributed by atoms with Crippen molar-refractivity contribution in [1.29, 1.82) is 0 Å². The third-order valence-corrected chi connectivity index (χ3v) is 16.0. The van der Waals surface area contributed by atoms with Crippen LogP contribution in [0.5, 0.6) is 0 Å². The minimum Gasteiger partial charge on any atom is -0.466 e. The number of hydrogen-bond donors (Lipinski definition) is 3. The number of hydrogen-bond acceptors (Lipinski definition) is 5. The van der Waals surface area contributed by atoms with E-state index >= 15 is 0 Å². The zero-order valence-corrected chi connectivity index (χ0v) is 50.8. The van der Waals surface area contributed by atoms with Crippen molar-refractivity contribution in [1.82, 2.24) is 5.32 Å². The van der Waals surface area contributed by atoms with Crippen LogP contribution in [0.3, 0.4) is 0 Å². The molecule has 0 saturated heterocycles. The van der Waals surface area contributed by atoms with E-state index in [2.05, 4.69) is 43.5 Å². The Kier molecular flexibility index (Phi) is 63.4. The van der Waals surface area contributed by atoms with Crippen LogP contribution in [0, 0.1) is 0 Å². The third-order valence-electron chi connectivity index (χ3n) is 16.0. The van der Waals surface area contributed by atoms with Gasteiger partial charge in [-0.2, -0.15) is 0 Å². The van der Waals surface area contributed by atoms with Gasteiger partial charge in [0.1, 0.15) is 0 Å². The van der Waals surface area contributed by atoms with Crippen LogP contribution in [0.25, 0.3) is 0 Å². The Hall–Kier alpha value is -1.66. The normalized spacial score (nSPS) is 12.6. The van der Waals surface area contributed by atoms with Gasteiger partial charge in [-0.3, -0.25) is 9.59 Å². The van der Waals surface area contributed by atoms with Crippen LogP contribution in [0.4, 0.5) is 0 Å². The minimum atomic E-state index is -0.666. The molecule has 3 N–H and O–H groups in total. The van der Waals surface area contributed by atoms with Crippen LogP contribution in [0.1, 0.15) is 380 Å². The highest BCUT2D eigenvalue weighted by Crippen LogP contribution is 2.18. The number of aliphatic hydroxyl groups excluding tert-OH is 2. The lowest BCUT2D eigenvalue weighted by Gasteiger charge is -2.22. The fourth-order valence-corrected chi connectivity index (χ4v) is 10.8. The Labute approximate surface area is 469 Å². The standard InChI is InChI=1S/C69H133NO5/c1-3-5-7-9-11-13-15-17-19-31-34-37-41-45-49-53-57-61-67(72)66(65-71)70-68(73)62-58-54-50-46-42-38-35-32-29-27-25-23-21-20-22-24-26-28-30-33-36-40-44-48-52-56-60-64-75-69(74)63-59-55-51-47-43-39-18-16-14-12-10-8-6-4-2/h20-21,24,26,66-67,71-72H,3-19,22-23,25,27-65H2,1-2H3,(H,70,73)/b21-20-,26-24-. The first-order chi connectivity index (χ1) is 37.0. The molecule has 1 amide bonds. The predicted octanol–water partition coefficient (Wildman–Crippen LogP) is 21.8. The van der Waals surface area contributed by atoms with Crippen LogP contribution < -0.4 is 5.32 Å². The summed E-state index contributed by atoms with van der Waals surface area (Å²) in [6.07, 6.45) is 80.7. The third kappa shape index (κ3) is 61.4. The molecule has 0 aromatic carbocycles. The van der Waals surface area contributed by atoms with Gasteiger partial charge in [0, 0.05) is 12.8 Å². The van der Waals surface area contributed by atoms with E-state index in [0.717, 1.165) is 44.9 Å². The molecule has 0 aliphatic carbocycles. The fourth-order valence-electron chi connectivity index (χ4n) is 10.8. The first-order valence-electron chi connectivity index (χ1n) is 34.1. The molecule has 0 aliphatic heterocycles. The van der Waals surface area contributed by atoms with Crippen LogP contribution >= 0.6 is 0 Å². The second kappa shape index (κ2) is 64.9. The number of carbonyl (C=O) groups excluding carboxylic acids is 2. The van der Waals surface area contributed by atoms with Gasteiger partial charge in [0.05, 0.1) is 25.4 Å². The maximum absolute atomic E-state index is 12.5. The second-order valence-electron chi connectivity index (χ2n) is 23.5. The number of carbonyl (C=O) groups is 2. The Morgan fingerprint density at radius 1 is 0.373 bits per heavy atom. The summed E-state index contributed by atoms with van der Waals surface area (Å²) in [6, 6.07) is -0.544. The van der Waals surface area contributed by atoms with Gasteiger partial charge in [-0.1, -0.05) is 334 Å². The summed E-state index contributed by atoms with van der Waals surface area (Å²) in [5.74, 6) is -0.0214. The van der Waals surface area contributed by atoms with Gasteiger partial charge < -0.3 is 20.3 Å². The van der Waals surface area contributed by atoms with Gasteiger partial charge in [-0.15, -0.1) is 0 Å². The molecular weight excluding hydrogens is 923 g/mol. The zero-order chi connectivity index (χ0) is 54.3. The van der Waals surface area contributed by atoms with E-state index in [1.165, 1.54) is 302 Å². The van der Waals surface area contributed by atoms with Crippen molar-refractivity contribution in [2.24, 2.45) is 0 Å². The summed E-state index contributed by atoms with van der Waals surface area (Å²) >= 11 is 0. The topological polar surface area (TPSA) is 95.9 Å². The van der Waals surface area contributed by atoms with E-state index in [-0.39, 0.29) is 18.5 Å². The van der Waals surface area contributed by atoms with Crippen LogP contribution in [-0.4, -0.2) is 47.4 Å². The monoisotopic (exact) mass is 1060 g/mol. The maximum atomic E-state index is 12.5. The molecule has 0 saturated carbocycles. The molecule has 444 valence electrons. The van der Waals surface area contributed by atoms with E-state index in [9.17, 15) is 19.8 Å². The summed E-state index contributed by atoms with van der Waals surface area (Å²) in [5.41, 5.74) is 0. The minimum absolute atomic E-state index is 0.0135. The van der Waals surface area contributed by atoms with Gasteiger partial charge in [0.15, 0.2) is 0 Å². The molecule has 0 rings (SSSR count). The van der Waals surface area contributed by atoms with E-state index in [0.29, 0.717) is 25.9 Å². The number of aliphatic hydroxyl groups is 2. The molecule has 2 atom stereocenters. The Morgan fingerprint density at radius 2 is 0.667 bits per heavy atom. The summed E-state index contributed by atoms with van der Waals surface area (Å²) in [6.45, 7) is 4.98. The number of nitrogens with one attached hydrogen (secondary N) is 1. The average Bonchev–Trinajstić information content (AvgIpc) is 3.41. The zero-order valence-electron chi connectivity index (χ0n) is 50.8. The van der Waals surface area contributed by atoms with Crippen molar-refractivity contribution in [2.45, 2.75) is 392 Å². The highest BCUT2D eigenvalue weighted by atomic mass is 16.5. The number of rotatable bonds is 64. The van der Waals surface area contributed by atoms with Crippen molar-refractivity contribution < 1.29 is 24.5 Å². The Balaban J connectivity index is 3.41. The second-order valence-corrected chi connectivity index (χ2v) is 23.5. The highest BCUT2D eigenvalue weighted by molar-refractivity contribution is 5.76. The number of allylic oxidation sites excluding steroid dienone is 4. The molecule has 0 spiro atoms. The molecule has 0 aromatic rings. The lowest BCUT2D eigenvalue weighted by atomic mass is 10.0. The summed E-state index contributed by atoms with van der Waals surface area (Å²) < 4.78 is 5.49. The maximum Gasteiger partial charge on any atom is 0.305 e. The largest absolute Gasteiger partial charge is 0.466 e. The number of esters is 1. The van der Waals surface area contributed by atoms with Crippen molar-refractivity contribution in [3.05, 3.63) is 24.3 Å². The van der Waals surface area contributed by atoms with Crippen LogP contribution in [0.15, 0.2) is 24.3 Å². The molecule has 6 nitrogen and oxygen atoms in total. The predicted molar refractivity (Wildman–Crippen MR) is 329 cm³/mol. The smallest absolute Gasteiger partial charge is 0.305 e.